The SMILES string of the molecule is CCOc1cc(CNc2ccc(Cl)cc2)ccc1OCc1ccc(F)cc1. The lowest BCUT2D eigenvalue weighted by Gasteiger charge is -2.14. The van der Waals surface area contributed by atoms with E-state index in [0.717, 1.165) is 16.8 Å². The minimum atomic E-state index is -0.258. The summed E-state index contributed by atoms with van der Waals surface area (Å²) >= 11 is 5.91. The lowest BCUT2D eigenvalue weighted by molar-refractivity contribution is 0.269. The van der Waals surface area contributed by atoms with Crippen LogP contribution in [0.5, 0.6) is 11.5 Å². The highest BCUT2D eigenvalue weighted by atomic mass is 35.5. The lowest BCUT2D eigenvalue weighted by atomic mass is 10.2. The summed E-state index contributed by atoms with van der Waals surface area (Å²) < 4.78 is 24.6. The van der Waals surface area contributed by atoms with Gasteiger partial charge in [0.05, 0.1) is 6.61 Å². The van der Waals surface area contributed by atoms with Crippen molar-refractivity contribution < 1.29 is 13.9 Å². The maximum atomic E-state index is 13.0. The molecule has 0 saturated heterocycles. The highest BCUT2D eigenvalue weighted by Crippen LogP contribution is 2.29. The number of ether oxygens (including phenoxy) is 2. The van der Waals surface area contributed by atoms with Crippen LogP contribution in [0.15, 0.2) is 66.7 Å². The number of hydrogen-bond acceptors (Lipinski definition) is 3. The molecule has 3 aromatic rings. The molecule has 0 heterocycles. The van der Waals surface area contributed by atoms with E-state index in [2.05, 4.69) is 5.32 Å². The maximum Gasteiger partial charge on any atom is 0.161 e. The Labute approximate surface area is 163 Å². The first kappa shape index (κ1) is 19.1. The molecule has 3 rings (SSSR count). The number of benzene rings is 3. The Morgan fingerprint density at radius 1 is 0.852 bits per heavy atom. The van der Waals surface area contributed by atoms with Crippen molar-refractivity contribution in [2.45, 2.75) is 20.1 Å². The van der Waals surface area contributed by atoms with Crippen molar-refractivity contribution in [2.75, 3.05) is 11.9 Å². The summed E-state index contributed by atoms with van der Waals surface area (Å²) in [5.41, 5.74) is 2.96. The highest BCUT2D eigenvalue weighted by Gasteiger charge is 2.07. The van der Waals surface area contributed by atoms with E-state index in [1.165, 1.54) is 12.1 Å². The molecule has 0 atom stereocenters. The van der Waals surface area contributed by atoms with Gasteiger partial charge in [-0.25, -0.2) is 4.39 Å². The summed E-state index contributed by atoms with van der Waals surface area (Å²) in [5, 5.41) is 4.06. The number of hydrogen-bond donors (Lipinski definition) is 1. The van der Waals surface area contributed by atoms with E-state index in [1.54, 1.807) is 12.1 Å². The highest BCUT2D eigenvalue weighted by molar-refractivity contribution is 6.30. The molecule has 0 saturated carbocycles. The van der Waals surface area contributed by atoms with Crippen LogP contribution >= 0.6 is 11.6 Å². The Bertz CT molecular complexity index is 866. The Morgan fingerprint density at radius 2 is 1.56 bits per heavy atom. The zero-order chi connectivity index (χ0) is 19.1. The predicted octanol–water partition coefficient (Wildman–Crippen LogP) is 6.07. The second-order valence-electron chi connectivity index (χ2n) is 5.99. The molecule has 27 heavy (non-hydrogen) atoms. The summed E-state index contributed by atoms with van der Waals surface area (Å²) in [6.07, 6.45) is 0. The number of anilines is 1. The van der Waals surface area contributed by atoms with Crippen molar-refractivity contribution in [1.29, 1.82) is 0 Å². The Balaban J connectivity index is 1.66. The topological polar surface area (TPSA) is 30.5 Å². The molecular weight excluding hydrogens is 365 g/mol. The summed E-state index contributed by atoms with van der Waals surface area (Å²) in [7, 11) is 0. The number of halogens is 2. The third-order valence-corrected chi connectivity index (χ3v) is 4.21. The first-order valence-electron chi connectivity index (χ1n) is 8.76. The standard InChI is InChI=1S/C22H21ClFNO2/c1-2-26-22-13-17(14-25-20-10-6-18(23)7-11-20)5-12-21(22)27-15-16-3-8-19(24)9-4-16/h3-13,25H,2,14-15H2,1H3. The molecule has 0 bridgehead atoms. The molecule has 0 radical (unpaired) electrons. The Morgan fingerprint density at radius 3 is 2.26 bits per heavy atom. The number of rotatable bonds is 8. The van der Waals surface area contributed by atoms with Gasteiger partial charge in [0.2, 0.25) is 0 Å². The van der Waals surface area contributed by atoms with Crippen molar-refractivity contribution in [3.63, 3.8) is 0 Å². The molecule has 0 aliphatic heterocycles. The first-order chi connectivity index (χ1) is 13.1. The molecule has 0 aliphatic rings. The van der Waals surface area contributed by atoms with Crippen LogP contribution in [0.1, 0.15) is 18.1 Å². The molecule has 0 aromatic heterocycles. The van der Waals surface area contributed by atoms with Gasteiger partial charge in [0.25, 0.3) is 0 Å². The van der Waals surface area contributed by atoms with Crippen LogP contribution < -0.4 is 14.8 Å². The van der Waals surface area contributed by atoms with Crippen LogP contribution in [0.4, 0.5) is 10.1 Å². The van der Waals surface area contributed by atoms with Gasteiger partial charge in [-0.2, -0.15) is 0 Å². The minimum Gasteiger partial charge on any atom is -0.490 e. The van der Waals surface area contributed by atoms with Crippen LogP contribution in [-0.2, 0) is 13.2 Å². The van der Waals surface area contributed by atoms with E-state index in [0.29, 0.717) is 36.3 Å². The Kier molecular flexibility index (Phi) is 6.55. The van der Waals surface area contributed by atoms with E-state index in [1.807, 2.05) is 49.4 Å². The maximum absolute atomic E-state index is 13.0. The van der Waals surface area contributed by atoms with Gasteiger partial charge in [-0.1, -0.05) is 29.8 Å². The molecule has 0 amide bonds. The van der Waals surface area contributed by atoms with Crippen molar-refractivity contribution in [3.05, 3.63) is 88.7 Å². The molecule has 3 nitrogen and oxygen atoms in total. The summed E-state index contributed by atoms with van der Waals surface area (Å²) in [6.45, 7) is 3.48. The first-order valence-corrected chi connectivity index (χ1v) is 9.14. The van der Waals surface area contributed by atoms with E-state index < -0.39 is 0 Å². The average molecular weight is 386 g/mol. The zero-order valence-electron chi connectivity index (χ0n) is 15.0. The van der Waals surface area contributed by atoms with E-state index >= 15 is 0 Å². The zero-order valence-corrected chi connectivity index (χ0v) is 15.8. The fourth-order valence-electron chi connectivity index (χ4n) is 2.56. The smallest absolute Gasteiger partial charge is 0.161 e. The number of nitrogens with one attached hydrogen (secondary N) is 1. The van der Waals surface area contributed by atoms with Crippen molar-refractivity contribution in [3.8, 4) is 11.5 Å². The largest absolute Gasteiger partial charge is 0.490 e. The lowest BCUT2D eigenvalue weighted by Crippen LogP contribution is -2.03. The second-order valence-corrected chi connectivity index (χ2v) is 6.43. The van der Waals surface area contributed by atoms with Gasteiger partial charge in [0, 0.05) is 17.3 Å². The molecular formula is C22H21ClFNO2. The fourth-order valence-corrected chi connectivity index (χ4v) is 2.69. The molecule has 0 unspecified atom stereocenters. The van der Waals surface area contributed by atoms with Crippen LogP contribution in [0, 0.1) is 5.82 Å². The van der Waals surface area contributed by atoms with Crippen LogP contribution in [0.25, 0.3) is 0 Å². The predicted molar refractivity (Wildman–Crippen MR) is 107 cm³/mol. The third kappa shape index (κ3) is 5.63. The summed E-state index contributed by atoms with van der Waals surface area (Å²) in [4.78, 5) is 0. The average Bonchev–Trinajstić information content (AvgIpc) is 2.68. The van der Waals surface area contributed by atoms with E-state index in [-0.39, 0.29) is 5.82 Å². The van der Waals surface area contributed by atoms with E-state index in [4.69, 9.17) is 21.1 Å². The van der Waals surface area contributed by atoms with Crippen molar-refractivity contribution >= 4 is 17.3 Å². The van der Waals surface area contributed by atoms with Gasteiger partial charge >= 0.3 is 0 Å². The van der Waals surface area contributed by atoms with E-state index in [9.17, 15) is 4.39 Å². The van der Waals surface area contributed by atoms with Crippen LogP contribution in [0.2, 0.25) is 5.02 Å². The molecule has 3 aromatic carbocycles. The summed E-state index contributed by atoms with van der Waals surface area (Å²) in [6, 6.07) is 19.7. The normalized spacial score (nSPS) is 10.5. The fraction of sp³-hybridized carbons (Fsp3) is 0.182. The third-order valence-electron chi connectivity index (χ3n) is 3.96. The van der Waals surface area contributed by atoms with Gasteiger partial charge in [0.15, 0.2) is 11.5 Å². The van der Waals surface area contributed by atoms with Gasteiger partial charge in [0.1, 0.15) is 12.4 Å². The van der Waals surface area contributed by atoms with Gasteiger partial charge < -0.3 is 14.8 Å². The Hall–Kier alpha value is -2.72. The molecule has 5 heteroatoms. The van der Waals surface area contributed by atoms with Crippen LogP contribution in [0.3, 0.4) is 0 Å². The minimum absolute atomic E-state index is 0.258. The van der Waals surface area contributed by atoms with Gasteiger partial charge in [-0.05, 0) is 66.6 Å². The molecule has 140 valence electrons. The summed E-state index contributed by atoms with van der Waals surface area (Å²) in [5.74, 6) is 1.10. The van der Waals surface area contributed by atoms with Crippen molar-refractivity contribution in [2.24, 2.45) is 0 Å². The molecule has 0 fully saturated rings. The van der Waals surface area contributed by atoms with Crippen LogP contribution in [-0.4, -0.2) is 6.61 Å². The molecule has 1 N–H and O–H groups in total. The second kappa shape index (κ2) is 9.28. The molecule has 0 aliphatic carbocycles. The quantitative estimate of drug-likeness (QED) is 0.510. The molecule has 0 spiro atoms. The van der Waals surface area contributed by atoms with Crippen molar-refractivity contribution in [1.82, 2.24) is 0 Å². The monoisotopic (exact) mass is 385 g/mol. The van der Waals surface area contributed by atoms with Gasteiger partial charge in [-0.15, -0.1) is 0 Å². The van der Waals surface area contributed by atoms with Gasteiger partial charge in [-0.3, -0.25) is 0 Å².